The van der Waals surface area contributed by atoms with E-state index in [-0.39, 0.29) is 5.59 Å². The molecule has 1 aromatic carbocycles. The van der Waals surface area contributed by atoms with E-state index in [2.05, 4.69) is 0 Å². The first-order chi connectivity index (χ1) is 9.19. The summed E-state index contributed by atoms with van der Waals surface area (Å²) in [5, 5.41) is 19.9. The molecule has 106 valence electrons. The van der Waals surface area contributed by atoms with Crippen LogP contribution in [-0.2, 0) is 4.74 Å². The fourth-order valence-corrected chi connectivity index (χ4v) is 2.06. The van der Waals surface area contributed by atoms with E-state index >= 15 is 0 Å². The summed E-state index contributed by atoms with van der Waals surface area (Å²) < 4.78 is 6.40. The molecule has 0 fully saturated rings. The van der Waals surface area contributed by atoms with Crippen molar-refractivity contribution in [3.63, 3.8) is 0 Å². The molecule has 0 saturated heterocycles. The van der Waals surface area contributed by atoms with Crippen molar-refractivity contribution in [3.05, 3.63) is 29.3 Å². The van der Waals surface area contributed by atoms with E-state index in [1.165, 1.54) is 6.07 Å². The molecule has 7 heteroatoms. The zero-order valence-electron chi connectivity index (χ0n) is 11.4. The van der Waals surface area contributed by atoms with Crippen molar-refractivity contribution in [2.45, 2.75) is 26.4 Å². The van der Waals surface area contributed by atoms with E-state index in [1.807, 2.05) is 0 Å². The molecule has 0 bridgehead atoms. The maximum atomic E-state index is 12.2. The molecule has 0 amide bonds. The number of fused-ring (bicyclic) bond motifs is 1. The summed E-state index contributed by atoms with van der Waals surface area (Å²) in [6, 6.07) is 6.45. The first-order valence-electron chi connectivity index (χ1n) is 6.09. The molecular formula is C13H15BClNO4. The van der Waals surface area contributed by atoms with Crippen LogP contribution in [0.1, 0.15) is 20.8 Å². The molecule has 0 spiro atoms. The number of benzene rings is 1. The Labute approximate surface area is 121 Å². The highest BCUT2D eigenvalue weighted by atomic mass is 35.5. The highest BCUT2D eigenvalue weighted by molar-refractivity contribution is 6.59. The summed E-state index contributed by atoms with van der Waals surface area (Å²) in [6.45, 7) is 5.20. The number of carbonyl (C=O) groups is 1. The van der Waals surface area contributed by atoms with Crippen LogP contribution in [0.3, 0.4) is 0 Å². The van der Waals surface area contributed by atoms with Gasteiger partial charge in [0.05, 0.1) is 11.1 Å². The lowest BCUT2D eigenvalue weighted by molar-refractivity contribution is 0.0548. The summed E-state index contributed by atoms with van der Waals surface area (Å²) in [7, 11) is -1.78. The zero-order valence-corrected chi connectivity index (χ0v) is 12.2. The molecule has 0 atom stereocenters. The molecule has 2 aromatic rings. The standard InChI is InChI=1S/C13H15BClNO4/c1-13(2,3)20-12(17)16-10-7-9(15)5-4-8(10)6-11(16)14(18)19/h4-7,18-19H,1-3H3. The minimum Gasteiger partial charge on any atom is -0.443 e. The Bertz CT molecular complexity index is 660. The number of aromatic nitrogens is 1. The number of hydrogen-bond donors (Lipinski definition) is 2. The van der Waals surface area contributed by atoms with Gasteiger partial charge in [0.25, 0.3) is 0 Å². The smallest absolute Gasteiger partial charge is 0.443 e. The topological polar surface area (TPSA) is 71.7 Å². The second-order valence-corrected chi connectivity index (χ2v) is 5.90. The summed E-state index contributed by atoms with van der Waals surface area (Å²) in [6.07, 6.45) is -0.683. The Morgan fingerprint density at radius 3 is 2.50 bits per heavy atom. The molecule has 0 radical (unpaired) electrons. The summed E-state index contributed by atoms with van der Waals surface area (Å²) in [5.41, 5.74) is -0.185. The van der Waals surface area contributed by atoms with Gasteiger partial charge in [0, 0.05) is 5.02 Å². The molecule has 0 aliphatic heterocycles. The van der Waals surface area contributed by atoms with Crippen LogP contribution >= 0.6 is 11.6 Å². The van der Waals surface area contributed by atoms with Gasteiger partial charge in [0.2, 0.25) is 0 Å². The lowest BCUT2D eigenvalue weighted by atomic mass is 9.86. The van der Waals surface area contributed by atoms with Crippen LogP contribution in [0.25, 0.3) is 10.9 Å². The number of nitrogens with zero attached hydrogens (tertiary/aromatic N) is 1. The minimum atomic E-state index is -1.78. The van der Waals surface area contributed by atoms with Crippen molar-refractivity contribution in [3.8, 4) is 0 Å². The number of rotatable bonds is 1. The van der Waals surface area contributed by atoms with Gasteiger partial charge < -0.3 is 14.8 Å². The maximum absolute atomic E-state index is 12.2. The normalized spacial score (nSPS) is 11.7. The van der Waals surface area contributed by atoms with Crippen LogP contribution in [-0.4, -0.2) is 33.4 Å². The van der Waals surface area contributed by atoms with Crippen molar-refractivity contribution in [1.82, 2.24) is 4.57 Å². The van der Waals surface area contributed by atoms with Gasteiger partial charge in [0.15, 0.2) is 0 Å². The number of ether oxygens (including phenoxy) is 1. The monoisotopic (exact) mass is 295 g/mol. The first kappa shape index (κ1) is 14.9. The number of hydrogen-bond acceptors (Lipinski definition) is 4. The molecule has 1 aromatic heterocycles. The number of carbonyl (C=O) groups excluding carboxylic acids is 1. The van der Waals surface area contributed by atoms with Crippen molar-refractivity contribution >= 4 is 41.3 Å². The lowest BCUT2D eigenvalue weighted by Crippen LogP contribution is -2.41. The second-order valence-electron chi connectivity index (χ2n) is 5.46. The van der Waals surface area contributed by atoms with Gasteiger partial charge in [-0.3, -0.25) is 4.57 Å². The van der Waals surface area contributed by atoms with E-state index in [4.69, 9.17) is 16.3 Å². The van der Waals surface area contributed by atoms with Crippen LogP contribution in [0.15, 0.2) is 24.3 Å². The Morgan fingerprint density at radius 2 is 1.95 bits per heavy atom. The van der Waals surface area contributed by atoms with Gasteiger partial charge >= 0.3 is 13.2 Å². The second kappa shape index (κ2) is 5.12. The highest BCUT2D eigenvalue weighted by Gasteiger charge is 2.27. The van der Waals surface area contributed by atoms with E-state index in [0.717, 1.165) is 4.57 Å². The van der Waals surface area contributed by atoms with Gasteiger partial charge in [-0.1, -0.05) is 17.7 Å². The van der Waals surface area contributed by atoms with E-state index in [9.17, 15) is 14.8 Å². The van der Waals surface area contributed by atoms with Crippen molar-refractivity contribution in [1.29, 1.82) is 0 Å². The first-order valence-corrected chi connectivity index (χ1v) is 6.47. The predicted molar refractivity (Wildman–Crippen MR) is 78.4 cm³/mol. The summed E-state index contributed by atoms with van der Waals surface area (Å²) in [5.74, 6) is 0. The quantitative estimate of drug-likeness (QED) is 0.786. The average Bonchev–Trinajstić information content (AvgIpc) is 2.65. The van der Waals surface area contributed by atoms with Crippen LogP contribution < -0.4 is 5.59 Å². The minimum absolute atomic E-state index is 0.0384. The Hall–Kier alpha value is -1.50. The largest absolute Gasteiger partial charge is 0.506 e. The van der Waals surface area contributed by atoms with Crippen LogP contribution in [0.5, 0.6) is 0 Å². The molecule has 2 rings (SSSR count). The molecule has 0 saturated carbocycles. The fraction of sp³-hybridized carbons (Fsp3) is 0.308. The SMILES string of the molecule is CC(C)(C)OC(=O)n1c(B(O)O)cc2ccc(Cl)cc21. The maximum Gasteiger partial charge on any atom is 0.506 e. The molecule has 0 aliphatic carbocycles. The fourth-order valence-electron chi connectivity index (χ4n) is 1.90. The molecule has 2 N–H and O–H groups in total. The molecule has 20 heavy (non-hydrogen) atoms. The third-order valence-corrected chi connectivity index (χ3v) is 2.87. The van der Waals surface area contributed by atoms with Crippen molar-refractivity contribution < 1.29 is 19.6 Å². The predicted octanol–water partition coefficient (Wildman–Crippen LogP) is 1.76. The van der Waals surface area contributed by atoms with Crippen LogP contribution in [0.4, 0.5) is 4.79 Å². The van der Waals surface area contributed by atoms with Gasteiger partial charge in [-0.05, 0) is 44.4 Å². The Morgan fingerprint density at radius 1 is 1.30 bits per heavy atom. The van der Waals surface area contributed by atoms with Crippen molar-refractivity contribution in [2.24, 2.45) is 0 Å². The average molecular weight is 296 g/mol. The lowest BCUT2D eigenvalue weighted by Gasteiger charge is -2.21. The molecule has 1 heterocycles. The van der Waals surface area contributed by atoms with E-state index in [1.54, 1.807) is 39.0 Å². The molecule has 5 nitrogen and oxygen atoms in total. The summed E-state index contributed by atoms with van der Waals surface area (Å²) >= 11 is 5.93. The van der Waals surface area contributed by atoms with Crippen LogP contribution in [0.2, 0.25) is 5.02 Å². The molecule has 0 aliphatic rings. The molecular weight excluding hydrogens is 280 g/mol. The van der Waals surface area contributed by atoms with Crippen molar-refractivity contribution in [2.75, 3.05) is 0 Å². The Kier molecular flexibility index (Phi) is 3.82. The van der Waals surface area contributed by atoms with E-state index in [0.29, 0.717) is 15.9 Å². The molecule has 0 unspecified atom stereocenters. The highest BCUT2D eigenvalue weighted by Crippen LogP contribution is 2.21. The third-order valence-electron chi connectivity index (χ3n) is 2.64. The van der Waals surface area contributed by atoms with Gasteiger partial charge in [-0.2, -0.15) is 0 Å². The third kappa shape index (κ3) is 2.98. The van der Waals surface area contributed by atoms with Gasteiger partial charge in [0.1, 0.15) is 5.60 Å². The van der Waals surface area contributed by atoms with Gasteiger partial charge in [-0.25, -0.2) is 4.79 Å². The summed E-state index contributed by atoms with van der Waals surface area (Å²) in [4.78, 5) is 12.2. The van der Waals surface area contributed by atoms with E-state index < -0.39 is 18.8 Å². The zero-order chi connectivity index (χ0) is 15.1. The van der Waals surface area contributed by atoms with Gasteiger partial charge in [-0.15, -0.1) is 0 Å². The Balaban J connectivity index is 2.62. The number of halogens is 1. The van der Waals surface area contributed by atoms with Crippen LogP contribution in [0, 0.1) is 0 Å².